The highest BCUT2D eigenvalue weighted by Gasteiger charge is 2.32. The van der Waals surface area contributed by atoms with Crippen molar-refractivity contribution in [2.75, 3.05) is 19.7 Å². The van der Waals surface area contributed by atoms with Crippen LogP contribution in [0, 0.1) is 0 Å². The molecule has 0 bridgehead atoms. The van der Waals surface area contributed by atoms with Crippen LogP contribution in [-0.2, 0) is 26.1 Å². The fraction of sp³-hybridized carbons (Fsp3) is 0.435. The third kappa shape index (κ3) is 6.68. The van der Waals surface area contributed by atoms with Gasteiger partial charge in [0.2, 0.25) is 10.0 Å². The number of rotatable bonds is 8. The molecule has 1 aliphatic rings. The summed E-state index contributed by atoms with van der Waals surface area (Å²) in [5, 5.41) is 3.93. The van der Waals surface area contributed by atoms with E-state index in [9.17, 15) is 13.2 Å². The van der Waals surface area contributed by atoms with Crippen molar-refractivity contribution in [3.8, 4) is 5.75 Å². The SMILES string of the molecule is CC(C)(C)OC(=O)COc1ccc(Cl)cc1CNC1CCN(S(=O)(=O)c2ccccc2)C1. The van der Waals surface area contributed by atoms with Crippen LogP contribution in [0.25, 0.3) is 0 Å². The highest BCUT2D eigenvalue weighted by Crippen LogP contribution is 2.25. The normalized spacial score (nSPS) is 17.3. The third-order valence-electron chi connectivity index (χ3n) is 4.90. The molecule has 9 heteroatoms. The number of halogens is 1. The van der Waals surface area contributed by atoms with Gasteiger partial charge in [-0.3, -0.25) is 0 Å². The van der Waals surface area contributed by atoms with Crippen LogP contribution in [0.5, 0.6) is 5.75 Å². The molecule has 1 unspecified atom stereocenters. The molecule has 1 N–H and O–H groups in total. The number of hydrogen-bond acceptors (Lipinski definition) is 6. The first-order valence-electron chi connectivity index (χ1n) is 10.5. The molecule has 7 nitrogen and oxygen atoms in total. The Labute approximate surface area is 194 Å². The molecule has 3 rings (SSSR count). The average Bonchev–Trinajstić information content (AvgIpc) is 3.21. The maximum Gasteiger partial charge on any atom is 0.344 e. The molecule has 1 saturated heterocycles. The first-order chi connectivity index (χ1) is 15.0. The van der Waals surface area contributed by atoms with Gasteiger partial charge in [-0.2, -0.15) is 4.31 Å². The van der Waals surface area contributed by atoms with Crippen LogP contribution < -0.4 is 10.1 Å². The second-order valence-corrected chi connectivity index (χ2v) is 11.0. The molecule has 0 saturated carbocycles. The minimum atomic E-state index is -3.51. The van der Waals surface area contributed by atoms with Gasteiger partial charge in [-0.05, 0) is 57.5 Å². The topological polar surface area (TPSA) is 84.9 Å². The van der Waals surface area contributed by atoms with Crippen molar-refractivity contribution in [1.82, 2.24) is 9.62 Å². The molecule has 174 valence electrons. The van der Waals surface area contributed by atoms with Gasteiger partial charge in [-0.15, -0.1) is 0 Å². The van der Waals surface area contributed by atoms with Gasteiger partial charge in [-0.25, -0.2) is 13.2 Å². The molecule has 2 aromatic carbocycles. The van der Waals surface area contributed by atoms with Crippen molar-refractivity contribution < 1.29 is 22.7 Å². The van der Waals surface area contributed by atoms with Gasteiger partial charge < -0.3 is 14.8 Å². The number of nitrogens with zero attached hydrogens (tertiary/aromatic N) is 1. The minimum Gasteiger partial charge on any atom is -0.482 e. The van der Waals surface area contributed by atoms with E-state index in [0.717, 1.165) is 5.56 Å². The summed E-state index contributed by atoms with van der Waals surface area (Å²) in [6.45, 7) is 6.44. The maximum atomic E-state index is 12.8. The van der Waals surface area contributed by atoms with Gasteiger partial charge in [-0.1, -0.05) is 29.8 Å². The molecule has 2 aromatic rings. The summed E-state index contributed by atoms with van der Waals surface area (Å²) >= 11 is 6.15. The number of ether oxygens (including phenoxy) is 2. The molecule has 1 aliphatic heterocycles. The van der Waals surface area contributed by atoms with Crippen LogP contribution in [0.4, 0.5) is 0 Å². The number of carbonyl (C=O) groups is 1. The monoisotopic (exact) mass is 480 g/mol. The lowest BCUT2D eigenvalue weighted by Crippen LogP contribution is -2.35. The van der Waals surface area contributed by atoms with Crippen LogP contribution >= 0.6 is 11.6 Å². The summed E-state index contributed by atoms with van der Waals surface area (Å²) in [6.07, 6.45) is 0.695. The fourth-order valence-electron chi connectivity index (χ4n) is 3.44. The van der Waals surface area contributed by atoms with Crippen LogP contribution in [0.1, 0.15) is 32.8 Å². The molecule has 0 aliphatic carbocycles. The summed E-state index contributed by atoms with van der Waals surface area (Å²) in [7, 11) is -3.51. The van der Waals surface area contributed by atoms with Crippen LogP contribution in [0.15, 0.2) is 53.4 Å². The summed E-state index contributed by atoms with van der Waals surface area (Å²) in [5.41, 5.74) is 0.199. The van der Waals surface area contributed by atoms with Crippen molar-refractivity contribution in [3.63, 3.8) is 0 Å². The average molecular weight is 481 g/mol. The Morgan fingerprint density at radius 1 is 1.19 bits per heavy atom. The zero-order valence-electron chi connectivity index (χ0n) is 18.5. The molecule has 1 fully saturated rings. The Bertz CT molecular complexity index is 1040. The van der Waals surface area contributed by atoms with E-state index >= 15 is 0 Å². The molecule has 1 atom stereocenters. The maximum absolute atomic E-state index is 12.8. The Hall–Kier alpha value is -2.13. The fourth-order valence-corrected chi connectivity index (χ4v) is 5.16. The van der Waals surface area contributed by atoms with Crippen molar-refractivity contribution >= 4 is 27.6 Å². The van der Waals surface area contributed by atoms with E-state index < -0.39 is 21.6 Å². The van der Waals surface area contributed by atoms with Crippen molar-refractivity contribution in [2.24, 2.45) is 0 Å². The van der Waals surface area contributed by atoms with Gasteiger partial charge in [0, 0.05) is 36.3 Å². The second-order valence-electron chi connectivity index (χ2n) is 8.67. The highest BCUT2D eigenvalue weighted by atomic mass is 35.5. The molecular formula is C23H29ClN2O5S. The summed E-state index contributed by atoms with van der Waals surface area (Å²) < 4.78 is 38.1. The number of nitrogens with one attached hydrogen (secondary N) is 1. The third-order valence-corrected chi connectivity index (χ3v) is 7.02. The van der Waals surface area contributed by atoms with Crippen molar-refractivity contribution in [3.05, 3.63) is 59.1 Å². The van der Waals surface area contributed by atoms with E-state index in [0.29, 0.717) is 41.7 Å². The molecule has 0 aromatic heterocycles. The van der Waals surface area contributed by atoms with Gasteiger partial charge in [0.05, 0.1) is 4.90 Å². The first-order valence-corrected chi connectivity index (χ1v) is 12.3. The van der Waals surface area contributed by atoms with Crippen LogP contribution in [-0.4, -0.2) is 50.0 Å². The van der Waals surface area contributed by atoms with E-state index in [1.165, 1.54) is 4.31 Å². The summed E-state index contributed by atoms with van der Waals surface area (Å²) in [5.74, 6) is 0.0726. The molecule has 0 radical (unpaired) electrons. The lowest BCUT2D eigenvalue weighted by atomic mass is 10.1. The lowest BCUT2D eigenvalue weighted by molar-refractivity contribution is -0.157. The van der Waals surface area contributed by atoms with E-state index in [2.05, 4.69) is 5.32 Å². The van der Waals surface area contributed by atoms with Gasteiger partial charge in [0.25, 0.3) is 0 Å². The number of hydrogen-bond donors (Lipinski definition) is 1. The molecular weight excluding hydrogens is 452 g/mol. The first kappa shape index (κ1) is 24.5. The summed E-state index contributed by atoms with van der Waals surface area (Å²) in [4.78, 5) is 12.3. The molecule has 0 amide bonds. The Kier molecular flexibility index (Phi) is 7.82. The quantitative estimate of drug-likeness (QED) is 0.581. The van der Waals surface area contributed by atoms with Gasteiger partial charge in [0.1, 0.15) is 11.4 Å². The highest BCUT2D eigenvalue weighted by molar-refractivity contribution is 7.89. The van der Waals surface area contributed by atoms with E-state index in [1.54, 1.807) is 69.3 Å². The van der Waals surface area contributed by atoms with Crippen molar-refractivity contribution in [1.29, 1.82) is 0 Å². The lowest BCUT2D eigenvalue weighted by Gasteiger charge is -2.20. The van der Waals surface area contributed by atoms with Crippen LogP contribution in [0.2, 0.25) is 5.02 Å². The largest absolute Gasteiger partial charge is 0.482 e. The predicted octanol–water partition coefficient (Wildman–Crippen LogP) is 3.61. The van der Waals surface area contributed by atoms with E-state index in [4.69, 9.17) is 21.1 Å². The van der Waals surface area contributed by atoms with Crippen molar-refractivity contribution in [2.45, 2.75) is 50.3 Å². The molecule has 32 heavy (non-hydrogen) atoms. The Balaban J connectivity index is 1.59. The number of esters is 1. The smallest absolute Gasteiger partial charge is 0.344 e. The van der Waals surface area contributed by atoms with Gasteiger partial charge >= 0.3 is 5.97 Å². The molecule has 0 spiro atoms. The standard InChI is InChI=1S/C23H29ClN2O5S/c1-23(2,3)31-22(27)16-30-21-10-9-18(24)13-17(21)14-25-19-11-12-26(15-19)32(28,29)20-7-5-4-6-8-20/h4-10,13,19,25H,11-12,14-16H2,1-3H3. The number of benzene rings is 2. The molecule has 1 heterocycles. The Morgan fingerprint density at radius 3 is 2.59 bits per heavy atom. The van der Waals surface area contributed by atoms with E-state index in [-0.39, 0.29) is 12.6 Å². The minimum absolute atomic E-state index is 0.00817. The second kappa shape index (κ2) is 10.2. The van der Waals surface area contributed by atoms with E-state index in [1.807, 2.05) is 0 Å². The van der Waals surface area contributed by atoms with Gasteiger partial charge in [0.15, 0.2) is 6.61 Å². The summed E-state index contributed by atoms with van der Waals surface area (Å²) in [6, 6.07) is 13.6. The Morgan fingerprint density at radius 2 is 1.91 bits per heavy atom. The zero-order chi connectivity index (χ0) is 23.4. The predicted molar refractivity (Wildman–Crippen MR) is 123 cm³/mol. The number of carbonyl (C=O) groups excluding carboxylic acids is 1. The van der Waals surface area contributed by atoms with Crippen LogP contribution in [0.3, 0.4) is 0 Å². The number of sulfonamides is 1. The zero-order valence-corrected chi connectivity index (χ0v) is 20.1.